The average molecular weight is 264 g/mol. The van der Waals surface area contributed by atoms with Gasteiger partial charge in [-0.3, -0.25) is 4.79 Å². The first-order valence-electron chi connectivity index (χ1n) is 6.66. The molecule has 1 aromatic carbocycles. The van der Waals surface area contributed by atoms with E-state index in [9.17, 15) is 4.79 Å². The largest absolute Gasteiger partial charge is 0.497 e. The Morgan fingerprint density at radius 2 is 2.16 bits per heavy atom. The van der Waals surface area contributed by atoms with Gasteiger partial charge in [0, 0.05) is 13.0 Å². The Kier molecular flexibility index (Phi) is 6.97. The van der Waals surface area contributed by atoms with Gasteiger partial charge in [0.1, 0.15) is 5.75 Å². The second kappa shape index (κ2) is 8.53. The molecule has 0 saturated carbocycles. The molecule has 0 saturated heterocycles. The standard InChI is InChI=1S/C15H24N2O2/c1-17(2)11-5-10-16-15(18)9-8-13-6-4-7-14(12-13)19-3/h4,6-7,12H,5,8-11H2,1-3H3,(H,16,18). The Balaban J connectivity index is 2.22. The third kappa shape index (κ3) is 6.82. The first kappa shape index (κ1) is 15.5. The van der Waals surface area contributed by atoms with E-state index in [1.807, 2.05) is 38.4 Å². The summed E-state index contributed by atoms with van der Waals surface area (Å²) in [6.45, 7) is 1.74. The number of hydrogen-bond acceptors (Lipinski definition) is 3. The van der Waals surface area contributed by atoms with Crippen molar-refractivity contribution in [2.24, 2.45) is 0 Å². The van der Waals surface area contributed by atoms with Gasteiger partial charge in [0.05, 0.1) is 7.11 Å². The van der Waals surface area contributed by atoms with Crippen LogP contribution in [0.2, 0.25) is 0 Å². The van der Waals surface area contributed by atoms with E-state index in [1.54, 1.807) is 7.11 Å². The number of ether oxygens (including phenoxy) is 1. The highest BCUT2D eigenvalue weighted by Gasteiger charge is 2.02. The zero-order valence-corrected chi connectivity index (χ0v) is 12.1. The van der Waals surface area contributed by atoms with Crippen LogP contribution < -0.4 is 10.1 Å². The van der Waals surface area contributed by atoms with Crippen molar-refractivity contribution in [1.29, 1.82) is 0 Å². The van der Waals surface area contributed by atoms with Crippen molar-refractivity contribution in [3.05, 3.63) is 29.8 Å². The van der Waals surface area contributed by atoms with E-state index in [0.717, 1.165) is 37.2 Å². The minimum Gasteiger partial charge on any atom is -0.497 e. The molecule has 0 atom stereocenters. The van der Waals surface area contributed by atoms with Crippen LogP contribution in [-0.4, -0.2) is 45.1 Å². The first-order valence-corrected chi connectivity index (χ1v) is 6.66. The number of amides is 1. The maximum Gasteiger partial charge on any atom is 0.220 e. The fourth-order valence-electron chi connectivity index (χ4n) is 1.80. The molecule has 0 radical (unpaired) electrons. The van der Waals surface area contributed by atoms with Crippen LogP contribution in [0.4, 0.5) is 0 Å². The molecule has 1 rings (SSSR count). The third-order valence-corrected chi connectivity index (χ3v) is 2.88. The number of carbonyl (C=O) groups is 1. The number of benzene rings is 1. The number of aryl methyl sites for hydroxylation is 1. The fourth-order valence-corrected chi connectivity index (χ4v) is 1.80. The number of nitrogens with one attached hydrogen (secondary N) is 1. The molecule has 1 aromatic rings. The van der Waals surface area contributed by atoms with Gasteiger partial charge in [-0.05, 0) is 51.2 Å². The Bertz CT molecular complexity index is 391. The molecular formula is C15H24N2O2. The molecule has 0 spiro atoms. The van der Waals surface area contributed by atoms with Crippen LogP contribution in [0.3, 0.4) is 0 Å². The van der Waals surface area contributed by atoms with Crippen LogP contribution in [0.5, 0.6) is 5.75 Å². The number of hydrogen-bond donors (Lipinski definition) is 1. The maximum absolute atomic E-state index is 11.7. The van der Waals surface area contributed by atoms with Gasteiger partial charge in [0.15, 0.2) is 0 Å². The molecular weight excluding hydrogens is 240 g/mol. The number of nitrogens with zero attached hydrogens (tertiary/aromatic N) is 1. The first-order chi connectivity index (χ1) is 9.11. The van der Waals surface area contributed by atoms with Crippen molar-refractivity contribution in [1.82, 2.24) is 10.2 Å². The van der Waals surface area contributed by atoms with Crippen molar-refractivity contribution >= 4 is 5.91 Å². The zero-order valence-electron chi connectivity index (χ0n) is 12.1. The summed E-state index contributed by atoms with van der Waals surface area (Å²) in [6.07, 6.45) is 2.25. The number of rotatable bonds is 8. The van der Waals surface area contributed by atoms with E-state index in [2.05, 4.69) is 10.2 Å². The fraction of sp³-hybridized carbons (Fsp3) is 0.533. The molecule has 0 aromatic heterocycles. The molecule has 0 aliphatic rings. The van der Waals surface area contributed by atoms with Gasteiger partial charge in [0.2, 0.25) is 5.91 Å². The SMILES string of the molecule is COc1cccc(CCC(=O)NCCCN(C)C)c1. The van der Waals surface area contributed by atoms with Gasteiger partial charge in [-0.15, -0.1) is 0 Å². The average Bonchev–Trinajstić information content (AvgIpc) is 2.41. The Morgan fingerprint density at radius 3 is 2.84 bits per heavy atom. The van der Waals surface area contributed by atoms with Gasteiger partial charge < -0.3 is 15.0 Å². The summed E-state index contributed by atoms with van der Waals surface area (Å²) in [5, 5.41) is 2.94. The summed E-state index contributed by atoms with van der Waals surface area (Å²) in [6, 6.07) is 7.84. The topological polar surface area (TPSA) is 41.6 Å². The lowest BCUT2D eigenvalue weighted by molar-refractivity contribution is -0.121. The van der Waals surface area contributed by atoms with E-state index in [4.69, 9.17) is 4.74 Å². The normalized spacial score (nSPS) is 10.5. The lowest BCUT2D eigenvalue weighted by atomic mass is 10.1. The van der Waals surface area contributed by atoms with Gasteiger partial charge >= 0.3 is 0 Å². The molecule has 0 unspecified atom stereocenters. The van der Waals surface area contributed by atoms with Crippen molar-refractivity contribution in [2.45, 2.75) is 19.3 Å². The molecule has 106 valence electrons. The Hall–Kier alpha value is -1.55. The highest BCUT2D eigenvalue weighted by molar-refractivity contribution is 5.76. The summed E-state index contributed by atoms with van der Waals surface area (Å²) in [5.74, 6) is 0.950. The van der Waals surface area contributed by atoms with E-state index < -0.39 is 0 Å². The van der Waals surface area contributed by atoms with Gasteiger partial charge in [-0.25, -0.2) is 0 Å². The van der Waals surface area contributed by atoms with E-state index >= 15 is 0 Å². The van der Waals surface area contributed by atoms with Gasteiger partial charge in [-0.1, -0.05) is 12.1 Å². The number of carbonyl (C=O) groups excluding carboxylic acids is 1. The second-order valence-corrected chi connectivity index (χ2v) is 4.86. The van der Waals surface area contributed by atoms with Crippen LogP contribution in [-0.2, 0) is 11.2 Å². The Labute approximate surface area is 115 Å². The second-order valence-electron chi connectivity index (χ2n) is 4.86. The predicted octanol–water partition coefficient (Wildman–Crippen LogP) is 1.70. The van der Waals surface area contributed by atoms with E-state index in [1.165, 1.54) is 0 Å². The van der Waals surface area contributed by atoms with Gasteiger partial charge in [-0.2, -0.15) is 0 Å². The summed E-state index contributed by atoms with van der Waals surface area (Å²) in [4.78, 5) is 13.8. The van der Waals surface area contributed by atoms with Crippen molar-refractivity contribution < 1.29 is 9.53 Å². The monoisotopic (exact) mass is 264 g/mol. The Morgan fingerprint density at radius 1 is 1.37 bits per heavy atom. The van der Waals surface area contributed by atoms with Crippen molar-refractivity contribution in [3.63, 3.8) is 0 Å². The van der Waals surface area contributed by atoms with Crippen molar-refractivity contribution in [2.75, 3.05) is 34.3 Å². The minimum absolute atomic E-state index is 0.113. The molecule has 0 bridgehead atoms. The molecule has 1 N–H and O–H groups in total. The number of methoxy groups -OCH3 is 1. The lowest BCUT2D eigenvalue weighted by Crippen LogP contribution is -2.27. The molecule has 0 heterocycles. The molecule has 19 heavy (non-hydrogen) atoms. The summed E-state index contributed by atoms with van der Waals surface area (Å²) in [7, 11) is 5.71. The van der Waals surface area contributed by atoms with Crippen LogP contribution in [0.15, 0.2) is 24.3 Å². The zero-order chi connectivity index (χ0) is 14.1. The molecule has 0 fully saturated rings. The molecule has 4 nitrogen and oxygen atoms in total. The molecule has 0 aliphatic heterocycles. The summed E-state index contributed by atoms with van der Waals surface area (Å²) >= 11 is 0. The quantitative estimate of drug-likeness (QED) is 0.727. The summed E-state index contributed by atoms with van der Waals surface area (Å²) in [5.41, 5.74) is 1.13. The van der Waals surface area contributed by atoms with Gasteiger partial charge in [0.25, 0.3) is 0 Å². The lowest BCUT2D eigenvalue weighted by Gasteiger charge is -2.10. The van der Waals surface area contributed by atoms with E-state index in [-0.39, 0.29) is 5.91 Å². The highest BCUT2D eigenvalue weighted by Crippen LogP contribution is 2.13. The summed E-state index contributed by atoms with van der Waals surface area (Å²) < 4.78 is 5.16. The molecule has 1 amide bonds. The maximum atomic E-state index is 11.7. The minimum atomic E-state index is 0.113. The van der Waals surface area contributed by atoms with Crippen molar-refractivity contribution in [3.8, 4) is 5.75 Å². The molecule has 4 heteroatoms. The predicted molar refractivity (Wildman–Crippen MR) is 77.5 cm³/mol. The van der Waals surface area contributed by atoms with Crippen LogP contribution in [0.1, 0.15) is 18.4 Å². The van der Waals surface area contributed by atoms with Crippen LogP contribution in [0, 0.1) is 0 Å². The van der Waals surface area contributed by atoms with Crippen LogP contribution >= 0.6 is 0 Å². The van der Waals surface area contributed by atoms with Crippen LogP contribution in [0.25, 0.3) is 0 Å². The highest BCUT2D eigenvalue weighted by atomic mass is 16.5. The molecule has 0 aliphatic carbocycles. The smallest absolute Gasteiger partial charge is 0.220 e. The van der Waals surface area contributed by atoms with E-state index in [0.29, 0.717) is 6.42 Å². The third-order valence-electron chi connectivity index (χ3n) is 2.88.